The summed E-state index contributed by atoms with van der Waals surface area (Å²) in [4.78, 5) is 21.3. The van der Waals surface area contributed by atoms with Crippen molar-refractivity contribution in [3.05, 3.63) is 81.2 Å². The maximum Gasteiger partial charge on any atom is 0.253 e. The van der Waals surface area contributed by atoms with Gasteiger partial charge in [0.05, 0.1) is 6.04 Å². The molecule has 0 unspecified atom stereocenters. The van der Waals surface area contributed by atoms with E-state index in [0.29, 0.717) is 5.56 Å². The topological polar surface area (TPSA) is 82.9 Å². The van der Waals surface area contributed by atoms with Gasteiger partial charge in [0.15, 0.2) is 5.82 Å². The van der Waals surface area contributed by atoms with E-state index in [-0.39, 0.29) is 23.5 Å². The molecule has 2 aliphatic rings. The van der Waals surface area contributed by atoms with Gasteiger partial charge in [-0.2, -0.15) is 0 Å². The number of halogens is 1. The number of fused-ring (bicyclic) bond motifs is 1. The maximum atomic E-state index is 13.6. The number of piperazine rings is 1. The number of aryl methyl sites for hydroxylation is 2. The third-order valence-electron chi connectivity index (χ3n) is 8.34. The zero-order valence-electron chi connectivity index (χ0n) is 22.0. The molecule has 0 bridgehead atoms. The minimum absolute atomic E-state index is 0.107. The Morgan fingerprint density at radius 3 is 2.39 bits per heavy atom. The number of aromatic amines is 1. The first-order chi connectivity index (χ1) is 18.5. The molecule has 0 spiro atoms. The number of H-pyrrole nitrogens is 1. The van der Waals surface area contributed by atoms with Crippen LogP contribution in [0.4, 0.5) is 10.1 Å². The Morgan fingerprint density at radius 1 is 0.947 bits per heavy atom. The summed E-state index contributed by atoms with van der Waals surface area (Å²) in [5, 5.41) is 14.1. The molecule has 3 heterocycles. The second kappa shape index (κ2) is 10.3. The number of nitrogens with one attached hydrogen (secondary N) is 1. The predicted octanol–water partition coefficient (Wildman–Crippen LogP) is 4.69. The van der Waals surface area contributed by atoms with Gasteiger partial charge in [0.25, 0.3) is 5.56 Å². The summed E-state index contributed by atoms with van der Waals surface area (Å²) in [5.74, 6) is 0.503. The Balaban J connectivity index is 1.39. The van der Waals surface area contributed by atoms with Crippen LogP contribution in [-0.4, -0.2) is 56.3 Å². The van der Waals surface area contributed by atoms with Crippen molar-refractivity contribution < 1.29 is 4.39 Å². The van der Waals surface area contributed by atoms with Crippen LogP contribution in [0.5, 0.6) is 0 Å². The number of hydrogen-bond acceptors (Lipinski definition) is 6. The Morgan fingerprint density at radius 2 is 1.66 bits per heavy atom. The first-order valence-corrected chi connectivity index (χ1v) is 13.6. The second-order valence-electron chi connectivity index (χ2n) is 10.8. The first kappa shape index (κ1) is 24.7. The van der Waals surface area contributed by atoms with Gasteiger partial charge in [-0.05, 0) is 96.1 Å². The molecule has 2 aromatic carbocycles. The van der Waals surface area contributed by atoms with Crippen molar-refractivity contribution in [3.8, 4) is 0 Å². The summed E-state index contributed by atoms with van der Waals surface area (Å²) < 4.78 is 15.5. The Labute approximate surface area is 221 Å². The number of rotatable bonds is 5. The zero-order chi connectivity index (χ0) is 26.2. The molecule has 0 amide bonds. The predicted molar refractivity (Wildman–Crippen MR) is 146 cm³/mol. The Bertz CT molecular complexity index is 1480. The molecule has 1 aliphatic carbocycles. The summed E-state index contributed by atoms with van der Waals surface area (Å²) in [7, 11) is 0. The third-order valence-corrected chi connectivity index (χ3v) is 8.34. The molecule has 1 N–H and O–H groups in total. The molecule has 4 aromatic rings. The average Bonchev–Trinajstić information content (AvgIpc) is 3.41. The van der Waals surface area contributed by atoms with Crippen LogP contribution in [0.15, 0.2) is 47.3 Å². The quantitative estimate of drug-likeness (QED) is 0.415. The van der Waals surface area contributed by atoms with E-state index in [4.69, 9.17) is 0 Å². The summed E-state index contributed by atoms with van der Waals surface area (Å²) >= 11 is 0. The van der Waals surface area contributed by atoms with Crippen molar-refractivity contribution in [1.29, 1.82) is 0 Å². The fourth-order valence-electron chi connectivity index (χ4n) is 6.05. The summed E-state index contributed by atoms with van der Waals surface area (Å²) in [6.45, 7) is 7.12. The first-order valence-electron chi connectivity index (χ1n) is 13.6. The van der Waals surface area contributed by atoms with Crippen LogP contribution in [-0.2, 0) is 0 Å². The van der Waals surface area contributed by atoms with Crippen LogP contribution in [0.2, 0.25) is 0 Å². The highest BCUT2D eigenvalue weighted by molar-refractivity contribution is 5.81. The molecule has 198 valence electrons. The fraction of sp³-hybridized carbons (Fsp3) is 0.448. The van der Waals surface area contributed by atoms with Crippen molar-refractivity contribution in [2.24, 2.45) is 0 Å². The lowest BCUT2D eigenvalue weighted by Gasteiger charge is -2.40. The molecule has 0 radical (unpaired) electrons. The lowest BCUT2D eigenvalue weighted by atomic mass is 9.95. The molecule has 6 rings (SSSR count). The van der Waals surface area contributed by atoms with E-state index >= 15 is 0 Å². The molecule has 2 aromatic heterocycles. The molecule has 9 heteroatoms. The number of nitrogens with zero attached hydrogens (tertiary/aromatic N) is 6. The number of hydrogen-bond donors (Lipinski definition) is 1. The SMILES string of the molecule is Cc1cc2cc([C@H](c3nnnn3C3CCCCC3)N3CCN(c4ccc(F)cc4)CC3)c(=O)[nH]c2cc1C. The zero-order valence-corrected chi connectivity index (χ0v) is 22.0. The highest BCUT2D eigenvalue weighted by Crippen LogP contribution is 2.34. The van der Waals surface area contributed by atoms with Gasteiger partial charge in [-0.1, -0.05) is 19.3 Å². The Kier molecular flexibility index (Phi) is 6.69. The second-order valence-corrected chi connectivity index (χ2v) is 10.8. The van der Waals surface area contributed by atoms with Gasteiger partial charge in [-0.15, -0.1) is 5.10 Å². The smallest absolute Gasteiger partial charge is 0.253 e. The molecule has 1 saturated carbocycles. The van der Waals surface area contributed by atoms with Crippen molar-refractivity contribution in [2.75, 3.05) is 31.1 Å². The number of tetrazole rings is 1. The molecular weight excluding hydrogens is 481 g/mol. The fourth-order valence-corrected chi connectivity index (χ4v) is 6.05. The van der Waals surface area contributed by atoms with Gasteiger partial charge < -0.3 is 9.88 Å². The van der Waals surface area contributed by atoms with Crippen LogP contribution in [0.3, 0.4) is 0 Å². The minimum atomic E-state index is -0.364. The van der Waals surface area contributed by atoms with Gasteiger partial charge in [-0.25, -0.2) is 9.07 Å². The van der Waals surface area contributed by atoms with E-state index in [1.54, 1.807) is 0 Å². The van der Waals surface area contributed by atoms with Gasteiger partial charge in [0.1, 0.15) is 11.9 Å². The third kappa shape index (κ3) is 4.71. The molecule has 1 saturated heterocycles. The van der Waals surface area contributed by atoms with Crippen LogP contribution < -0.4 is 10.5 Å². The van der Waals surface area contributed by atoms with Gasteiger partial charge in [-0.3, -0.25) is 9.69 Å². The normalized spacial score (nSPS) is 18.2. The van der Waals surface area contributed by atoms with Crippen molar-refractivity contribution in [2.45, 2.75) is 58.0 Å². The van der Waals surface area contributed by atoms with E-state index in [1.165, 1.54) is 37.0 Å². The van der Waals surface area contributed by atoms with Crippen molar-refractivity contribution in [1.82, 2.24) is 30.1 Å². The molecule has 1 aliphatic heterocycles. The van der Waals surface area contributed by atoms with E-state index in [0.717, 1.165) is 67.0 Å². The molecule has 38 heavy (non-hydrogen) atoms. The van der Waals surface area contributed by atoms with Crippen LogP contribution in [0, 0.1) is 19.7 Å². The Hall–Kier alpha value is -3.59. The highest BCUT2D eigenvalue weighted by atomic mass is 19.1. The summed E-state index contributed by atoms with van der Waals surface area (Å²) in [6, 6.07) is 12.7. The van der Waals surface area contributed by atoms with E-state index in [9.17, 15) is 9.18 Å². The number of benzene rings is 2. The van der Waals surface area contributed by atoms with Crippen LogP contribution >= 0.6 is 0 Å². The van der Waals surface area contributed by atoms with E-state index in [1.807, 2.05) is 28.9 Å². The van der Waals surface area contributed by atoms with Crippen molar-refractivity contribution >= 4 is 16.6 Å². The van der Waals surface area contributed by atoms with Crippen LogP contribution in [0.1, 0.15) is 66.7 Å². The average molecular weight is 516 g/mol. The maximum absolute atomic E-state index is 13.6. The molecule has 1 atom stereocenters. The van der Waals surface area contributed by atoms with Gasteiger partial charge in [0, 0.05) is 42.9 Å². The monoisotopic (exact) mass is 515 g/mol. The molecular formula is C29H34FN7O. The number of anilines is 1. The van der Waals surface area contributed by atoms with Crippen LogP contribution in [0.25, 0.3) is 10.9 Å². The number of pyridine rings is 1. The number of aromatic nitrogens is 5. The molecule has 8 nitrogen and oxygen atoms in total. The highest BCUT2D eigenvalue weighted by Gasteiger charge is 2.34. The summed E-state index contributed by atoms with van der Waals surface area (Å²) in [6.07, 6.45) is 5.68. The minimum Gasteiger partial charge on any atom is -0.369 e. The van der Waals surface area contributed by atoms with Crippen molar-refractivity contribution in [3.63, 3.8) is 0 Å². The summed E-state index contributed by atoms with van der Waals surface area (Å²) in [5.41, 5.74) is 4.74. The van der Waals surface area contributed by atoms with E-state index in [2.05, 4.69) is 50.2 Å². The molecule has 2 fully saturated rings. The van der Waals surface area contributed by atoms with Gasteiger partial charge in [0.2, 0.25) is 0 Å². The van der Waals surface area contributed by atoms with E-state index < -0.39 is 0 Å². The standard InChI is InChI=1S/C29H34FN7O/c1-19-16-21-18-25(29(38)31-26(21)17-20(19)2)27(28-32-33-34-37(28)24-6-4-3-5-7-24)36-14-12-35(13-15-36)23-10-8-22(30)9-11-23/h8-11,16-18,24,27H,3-7,12-15H2,1-2H3,(H,31,38)/t27-/m1/s1. The lowest BCUT2D eigenvalue weighted by molar-refractivity contribution is 0.192. The lowest BCUT2D eigenvalue weighted by Crippen LogP contribution is -2.49. The van der Waals surface area contributed by atoms with Gasteiger partial charge >= 0.3 is 0 Å². The largest absolute Gasteiger partial charge is 0.369 e.